The highest BCUT2D eigenvalue weighted by molar-refractivity contribution is 7.80. The maximum Gasteiger partial charge on any atom is 0.312 e. The van der Waals surface area contributed by atoms with Crippen LogP contribution < -0.4 is 33.6 Å². The van der Waals surface area contributed by atoms with Crippen LogP contribution in [-0.4, -0.2) is 48.2 Å². The van der Waals surface area contributed by atoms with E-state index in [-0.39, 0.29) is 24.7 Å². The summed E-state index contributed by atoms with van der Waals surface area (Å²) >= 11 is 3.85. The van der Waals surface area contributed by atoms with Crippen molar-refractivity contribution >= 4 is 36.4 Å². The van der Waals surface area contributed by atoms with E-state index in [1.54, 1.807) is 0 Å². The van der Waals surface area contributed by atoms with Gasteiger partial charge in [-0.2, -0.15) is 12.6 Å². The molecule has 0 aromatic carbocycles. The first-order chi connectivity index (χ1) is 9.77. The number of nitrogens with zero attached hydrogens (tertiary/aromatic N) is 1. The molecule has 0 saturated carbocycles. The average Bonchev–Trinajstić information content (AvgIpc) is 2.40. The van der Waals surface area contributed by atoms with Gasteiger partial charge in [0.05, 0.1) is 6.04 Å². The number of aliphatic imine (C=N–C) groups is 1. The maximum atomic E-state index is 11.9. The van der Waals surface area contributed by atoms with Gasteiger partial charge in [0.15, 0.2) is 5.96 Å². The fourth-order valence-corrected chi connectivity index (χ4v) is 1.49. The summed E-state index contributed by atoms with van der Waals surface area (Å²) in [5, 5.41) is 4.31. The molecule has 0 spiro atoms. The van der Waals surface area contributed by atoms with E-state index in [9.17, 15) is 14.4 Å². The van der Waals surface area contributed by atoms with Crippen LogP contribution in [-0.2, 0) is 9.59 Å². The summed E-state index contributed by atoms with van der Waals surface area (Å²) in [5.74, 6) is -1.39. The van der Waals surface area contributed by atoms with Crippen LogP contribution >= 0.6 is 12.6 Å². The quantitative estimate of drug-likeness (QED) is 0.108. The van der Waals surface area contributed by atoms with Crippen LogP contribution in [0.2, 0.25) is 0 Å². The maximum absolute atomic E-state index is 11.9. The molecule has 2 atom stereocenters. The van der Waals surface area contributed by atoms with Gasteiger partial charge < -0.3 is 28.3 Å². The Kier molecular flexibility index (Phi) is 8.88. The highest BCUT2D eigenvalue weighted by Gasteiger charge is 2.23. The van der Waals surface area contributed by atoms with Gasteiger partial charge in [-0.05, 0) is 12.8 Å². The van der Waals surface area contributed by atoms with E-state index in [2.05, 4.69) is 28.3 Å². The van der Waals surface area contributed by atoms with Crippen molar-refractivity contribution in [2.24, 2.45) is 27.9 Å². The van der Waals surface area contributed by atoms with Crippen LogP contribution in [0.4, 0.5) is 4.79 Å². The van der Waals surface area contributed by atoms with E-state index in [1.807, 2.05) is 0 Å². The minimum atomic E-state index is -0.979. The SMILES string of the molecule is NC(=O)N[C@@H](CCCN=C(N)N)C(=O)NC(=O)[C@@H](N)CS. The number of guanidine groups is 1. The van der Waals surface area contributed by atoms with Gasteiger partial charge in [-0.15, -0.1) is 0 Å². The number of carbonyl (C=O) groups excluding carboxylic acids is 3. The molecule has 0 aliphatic heterocycles. The van der Waals surface area contributed by atoms with Gasteiger partial charge in [0.1, 0.15) is 6.04 Å². The Labute approximate surface area is 127 Å². The number of amides is 4. The predicted octanol–water partition coefficient (Wildman–Crippen LogP) is -3.02. The third kappa shape index (κ3) is 8.70. The molecule has 11 heteroatoms. The molecule has 0 unspecified atom stereocenters. The molecule has 0 fully saturated rings. The lowest BCUT2D eigenvalue weighted by atomic mass is 10.1. The lowest BCUT2D eigenvalue weighted by molar-refractivity contribution is -0.132. The third-order valence-corrected chi connectivity index (χ3v) is 2.75. The van der Waals surface area contributed by atoms with Crippen LogP contribution in [0.25, 0.3) is 0 Å². The van der Waals surface area contributed by atoms with Crippen LogP contribution in [0.15, 0.2) is 4.99 Å². The number of carbonyl (C=O) groups is 3. The van der Waals surface area contributed by atoms with Gasteiger partial charge in [-0.1, -0.05) is 0 Å². The summed E-state index contributed by atoms with van der Waals surface area (Å²) in [6.45, 7) is 0.274. The second-order valence-electron chi connectivity index (χ2n) is 4.15. The summed E-state index contributed by atoms with van der Waals surface area (Å²) in [6, 6.07) is -2.79. The van der Waals surface area contributed by atoms with E-state index in [0.717, 1.165) is 0 Å². The Morgan fingerprint density at radius 1 is 1.14 bits per heavy atom. The van der Waals surface area contributed by atoms with Gasteiger partial charge >= 0.3 is 6.03 Å². The molecule has 0 aromatic rings. The number of thiol groups is 1. The minimum absolute atomic E-state index is 0.0752. The first-order valence-electron chi connectivity index (χ1n) is 6.10. The normalized spacial score (nSPS) is 12.9. The molecule has 0 aromatic heterocycles. The Morgan fingerprint density at radius 2 is 1.76 bits per heavy atom. The van der Waals surface area contributed by atoms with Gasteiger partial charge in [0, 0.05) is 12.3 Å². The summed E-state index contributed by atoms with van der Waals surface area (Å²) < 4.78 is 0. The molecule has 0 saturated heterocycles. The van der Waals surface area contributed by atoms with E-state index < -0.39 is 29.9 Å². The van der Waals surface area contributed by atoms with E-state index in [4.69, 9.17) is 22.9 Å². The highest BCUT2D eigenvalue weighted by atomic mass is 32.1. The zero-order valence-corrected chi connectivity index (χ0v) is 12.3. The molecular weight excluding hydrogens is 298 g/mol. The Morgan fingerprint density at radius 3 is 2.24 bits per heavy atom. The molecule has 0 radical (unpaired) electrons. The van der Waals surface area contributed by atoms with E-state index >= 15 is 0 Å². The Hall–Kier alpha value is -2.01. The molecule has 0 rings (SSSR count). The van der Waals surface area contributed by atoms with Crippen molar-refractivity contribution in [1.82, 2.24) is 10.6 Å². The fourth-order valence-electron chi connectivity index (χ4n) is 1.33. The number of imide groups is 1. The second kappa shape index (κ2) is 9.83. The number of nitrogens with two attached hydrogens (primary N) is 4. The zero-order chi connectivity index (χ0) is 16.4. The lowest BCUT2D eigenvalue weighted by Crippen LogP contribution is -2.53. The van der Waals surface area contributed by atoms with Gasteiger partial charge in [0.25, 0.3) is 0 Å². The van der Waals surface area contributed by atoms with Crippen molar-refractivity contribution in [2.75, 3.05) is 12.3 Å². The van der Waals surface area contributed by atoms with Crippen LogP contribution in [0.1, 0.15) is 12.8 Å². The number of hydrogen-bond acceptors (Lipinski definition) is 6. The van der Waals surface area contributed by atoms with E-state index in [0.29, 0.717) is 6.42 Å². The summed E-state index contributed by atoms with van der Waals surface area (Å²) in [7, 11) is 0. The first-order valence-corrected chi connectivity index (χ1v) is 6.73. The smallest absolute Gasteiger partial charge is 0.312 e. The topological polar surface area (TPSA) is 192 Å². The molecule has 21 heavy (non-hydrogen) atoms. The highest BCUT2D eigenvalue weighted by Crippen LogP contribution is 1.99. The lowest BCUT2D eigenvalue weighted by Gasteiger charge is -2.17. The van der Waals surface area contributed by atoms with Crippen molar-refractivity contribution < 1.29 is 14.4 Å². The molecule has 0 aliphatic rings. The predicted molar refractivity (Wildman–Crippen MR) is 81.4 cm³/mol. The number of rotatable bonds is 8. The standard InChI is InChI=1S/C10H21N7O3S/c11-5(4-21)7(18)17-8(19)6(16-10(14)20)2-1-3-15-9(12)13/h5-6,21H,1-4,11H2,(H4,12,13,15)(H3,14,16,20)(H,17,18,19)/t5-,6-/m0/s1. The molecule has 120 valence electrons. The monoisotopic (exact) mass is 319 g/mol. The first kappa shape index (κ1) is 19.0. The molecule has 10 N–H and O–H groups in total. The number of nitrogens with one attached hydrogen (secondary N) is 2. The van der Waals surface area contributed by atoms with Crippen molar-refractivity contribution in [3.63, 3.8) is 0 Å². The summed E-state index contributed by atoms with van der Waals surface area (Å²) in [4.78, 5) is 38.0. The number of hydrogen-bond donors (Lipinski definition) is 7. The summed E-state index contributed by atoms with van der Waals surface area (Å²) in [6.07, 6.45) is 0.609. The van der Waals surface area contributed by atoms with Crippen molar-refractivity contribution in [2.45, 2.75) is 24.9 Å². The summed E-state index contributed by atoms with van der Waals surface area (Å²) in [5.41, 5.74) is 20.7. The molecule has 0 bridgehead atoms. The molecule has 0 aliphatic carbocycles. The number of primary amides is 1. The molecule has 4 amide bonds. The van der Waals surface area contributed by atoms with Crippen molar-refractivity contribution in [3.8, 4) is 0 Å². The van der Waals surface area contributed by atoms with Gasteiger partial charge in [0.2, 0.25) is 11.8 Å². The third-order valence-electron chi connectivity index (χ3n) is 2.36. The minimum Gasteiger partial charge on any atom is -0.370 e. The Balaban J connectivity index is 4.52. The zero-order valence-electron chi connectivity index (χ0n) is 11.4. The second-order valence-corrected chi connectivity index (χ2v) is 4.52. The van der Waals surface area contributed by atoms with E-state index in [1.165, 1.54) is 0 Å². The van der Waals surface area contributed by atoms with Crippen LogP contribution in [0.3, 0.4) is 0 Å². The fraction of sp³-hybridized carbons (Fsp3) is 0.600. The van der Waals surface area contributed by atoms with Crippen molar-refractivity contribution in [1.29, 1.82) is 0 Å². The average molecular weight is 319 g/mol. The van der Waals surface area contributed by atoms with Crippen LogP contribution in [0, 0.1) is 0 Å². The molecule has 10 nitrogen and oxygen atoms in total. The van der Waals surface area contributed by atoms with Gasteiger partial charge in [-0.25, -0.2) is 4.79 Å². The number of urea groups is 1. The molecular formula is C10H21N7O3S. The van der Waals surface area contributed by atoms with Crippen molar-refractivity contribution in [3.05, 3.63) is 0 Å². The largest absolute Gasteiger partial charge is 0.370 e. The van der Waals surface area contributed by atoms with Crippen LogP contribution in [0.5, 0.6) is 0 Å². The Bertz CT molecular complexity index is 411. The van der Waals surface area contributed by atoms with Gasteiger partial charge in [-0.3, -0.25) is 19.9 Å². The molecule has 0 heterocycles.